The number of hydroxylamine groups is 2. The minimum Gasteiger partial charge on any atom is -0.491 e. The molecule has 0 saturated heterocycles. The highest BCUT2D eigenvalue weighted by Gasteiger charge is 2.28. The Balaban J connectivity index is 1.78. The van der Waals surface area contributed by atoms with E-state index in [4.69, 9.17) is 16.3 Å². The SMILES string of the molecule is ON1C=CC=N[C@@H]1NC1COc2ccc(Cl)cc21. The standard InChI is InChI=1S/C12H12ClN3O2/c13-8-2-3-11-9(6-8)10(7-18-11)15-12-14-4-1-5-16(12)17/h1-6,10,12,15,17H,7H2/t10?,12-/m1/s1. The molecule has 2 N–H and O–H groups in total. The Kier molecular flexibility index (Phi) is 2.95. The van der Waals surface area contributed by atoms with Crippen molar-refractivity contribution >= 4 is 17.8 Å². The average molecular weight is 266 g/mol. The van der Waals surface area contributed by atoms with Crippen LogP contribution in [-0.2, 0) is 0 Å². The van der Waals surface area contributed by atoms with Crippen molar-refractivity contribution in [1.29, 1.82) is 0 Å². The Morgan fingerprint density at radius 2 is 2.39 bits per heavy atom. The van der Waals surface area contributed by atoms with E-state index in [1.165, 1.54) is 0 Å². The van der Waals surface area contributed by atoms with Crippen LogP contribution in [0.2, 0.25) is 5.02 Å². The average Bonchev–Trinajstić information content (AvgIpc) is 2.75. The minimum atomic E-state index is -0.506. The molecule has 0 radical (unpaired) electrons. The highest BCUT2D eigenvalue weighted by molar-refractivity contribution is 6.30. The quantitative estimate of drug-likeness (QED) is 0.858. The van der Waals surface area contributed by atoms with Gasteiger partial charge < -0.3 is 4.74 Å². The zero-order valence-corrected chi connectivity index (χ0v) is 10.2. The van der Waals surface area contributed by atoms with Crippen molar-refractivity contribution in [1.82, 2.24) is 10.4 Å². The van der Waals surface area contributed by atoms with Crippen LogP contribution in [0.3, 0.4) is 0 Å². The molecular weight excluding hydrogens is 254 g/mol. The fourth-order valence-electron chi connectivity index (χ4n) is 2.03. The van der Waals surface area contributed by atoms with Gasteiger partial charge in [0.25, 0.3) is 0 Å². The fraction of sp³-hybridized carbons (Fsp3) is 0.250. The van der Waals surface area contributed by atoms with Crippen molar-refractivity contribution in [3.63, 3.8) is 0 Å². The van der Waals surface area contributed by atoms with Crippen LogP contribution in [0.5, 0.6) is 5.75 Å². The summed E-state index contributed by atoms with van der Waals surface area (Å²) in [5.41, 5.74) is 0.987. The summed E-state index contributed by atoms with van der Waals surface area (Å²) in [7, 11) is 0. The number of allylic oxidation sites excluding steroid dienone is 1. The topological polar surface area (TPSA) is 57.1 Å². The number of nitrogens with zero attached hydrogens (tertiary/aromatic N) is 2. The number of benzene rings is 1. The molecule has 1 unspecified atom stereocenters. The maximum atomic E-state index is 9.64. The molecule has 0 amide bonds. The highest BCUT2D eigenvalue weighted by atomic mass is 35.5. The third-order valence-electron chi connectivity index (χ3n) is 2.91. The Morgan fingerprint density at radius 1 is 1.50 bits per heavy atom. The zero-order valence-electron chi connectivity index (χ0n) is 9.45. The van der Waals surface area contributed by atoms with E-state index in [0.717, 1.165) is 16.4 Å². The van der Waals surface area contributed by atoms with E-state index in [-0.39, 0.29) is 6.04 Å². The van der Waals surface area contributed by atoms with Crippen LogP contribution in [0.4, 0.5) is 0 Å². The molecule has 1 aromatic rings. The summed E-state index contributed by atoms with van der Waals surface area (Å²) in [5, 5.41) is 14.5. The molecule has 0 aromatic heterocycles. The zero-order chi connectivity index (χ0) is 12.5. The van der Waals surface area contributed by atoms with Crippen LogP contribution in [0.15, 0.2) is 35.5 Å². The van der Waals surface area contributed by atoms with E-state index in [2.05, 4.69) is 10.3 Å². The van der Waals surface area contributed by atoms with Gasteiger partial charge in [-0.25, -0.2) is 5.06 Å². The Bertz CT molecular complexity index is 518. The minimum absolute atomic E-state index is 0.0398. The molecule has 2 aliphatic rings. The van der Waals surface area contributed by atoms with Crippen molar-refractivity contribution in [3.05, 3.63) is 41.1 Å². The number of nitrogens with one attached hydrogen (secondary N) is 1. The first kappa shape index (κ1) is 11.5. The number of hydrogen-bond acceptors (Lipinski definition) is 5. The summed E-state index contributed by atoms with van der Waals surface area (Å²) in [6, 6.07) is 5.47. The molecule has 0 saturated carbocycles. The van der Waals surface area contributed by atoms with E-state index < -0.39 is 6.29 Å². The second kappa shape index (κ2) is 4.61. The largest absolute Gasteiger partial charge is 0.491 e. The number of hydrogen-bond donors (Lipinski definition) is 2. The Hall–Kier alpha value is -1.56. The van der Waals surface area contributed by atoms with Gasteiger partial charge in [0.2, 0.25) is 0 Å². The van der Waals surface area contributed by atoms with Crippen molar-refractivity contribution in [3.8, 4) is 5.75 Å². The molecule has 0 aliphatic carbocycles. The lowest BCUT2D eigenvalue weighted by Crippen LogP contribution is -2.43. The van der Waals surface area contributed by atoms with Gasteiger partial charge in [0.1, 0.15) is 12.4 Å². The molecule has 3 rings (SSSR count). The van der Waals surface area contributed by atoms with Gasteiger partial charge in [0, 0.05) is 23.0 Å². The number of rotatable bonds is 2. The Labute approximate surface area is 109 Å². The van der Waals surface area contributed by atoms with Crippen LogP contribution >= 0.6 is 11.6 Å². The van der Waals surface area contributed by atoms with Gasteiger partial charge in [0.15, 0.2) is 6.29 Å². The van der Waals surface area contributed by atoms with Gasteiger partial charge in [-0.1, -0.05) is 11.6 Å². The lowest BCUT2D eigenvalue weighted by Gasteiger charge is -2.26. The van der Waals surface area contributed by atoms with Gasteiger partial charge in [-0.2, -0.15) is 0 Å². The number of aliphatic imine (C=N–C) groups is 1. The monoisotopic (exact) mass is 265 g/mol. The molecule has 18 heavy (non-hydrogen) atoms. The lowest BCUT2D eigenvalue weighted by molar-refractivity contribution is -0.0911. The van der Waals surface area contributed by atoms with Crippen LogP contribution in [0.25, 0.3) is 0 Å². The third-order valence-corrected chi connectivity index (χ3v) is 3.14. The summed E-state index contributed by atoms with van der Waals surface area (Å²) >= 11 is 5.98. The van der Waals surface area contributed by atoms with E-state index in [9.17, 15) is 5.21 Å². The summed E-state index contributed by atoms with van der Waals surface area (Å²) in [5.74, 6) is 0.816. The van der Waals surface area contributed by atoms with Crippen molar-refractivity contribution in [2.75, 3.05) is 6.61 Å². The van der Waals surface area contributed by atoms with Crippen LogP contribution in [0.1, 0.15) is 11.6 Å². The van der Waals surface area contributed by atoms with Crippen LogP contribution in [-0.4, -0.2) is 29.4 Å². The summed E-state index contributed by atoms with van der Waals surface area (Å²) in [4.78, 5) is 4.13. The molecule has 2 atom stereocenters. The van der Waals surface area contributed by atoms with Gasteiger partial charge in [-0.15, -0.1) is 0 Å². The van der Waals surface area contributed by atoms with E-state index in [1.54, 1.807) is 24.6 Å². The van der Waals surface area contributed by atoms with Crippen LogP contribution < -0.4 is 10.1 Å². The molecule has 2 heterocycles. The molecule has 1 aromatic carbocycles. The number of fused-ring (bicyclic) bond motifs is 1. The van der Waals surface area contributed by atoms with E-state index in [0.29, 0.717) is 11.6 Å². The second-order valence-electron chi connectivity index (χ2n) is 4.11. The van der Waals surface area contributed by atoms with Gasteiger partial charge in [-0.3, -0.25) is 15.5 Å². The number of ether oxygens (including phenoxy) is 1. The molecule has 6 heteroatoms. The second-order valence-corrected chi connectivity index (χ2v) is 4.54. The lowest BCUT2D eigenvalue weighted by atomic mass is 10.1. The molecule has 94 valence electrons. The predicted molar refractivity (Wildman–Crippen MR) is 67.9 cm³/mol. The van der Waals surface area contributed by atoms with Gasteiger partial charge >= 0.3 is 0 Å². The first-order chi connectivity index (χ1) is 8.74. The van der Waals surface area contributed by atoms with Gasteiger partial charge in [-0.05, 0) is 24.3 Å². The molecule has 0 bridgehead atoms. The fourth-order valence-corrected chi connectivity index (χ4v) is 2.21. The van der Waals surface area contributed by atoms with Crippen LogP contribution in [0, 0.1) is 0 Å². The maximum absolute atomic E-state index is 9.64. The summed E-state index contributed by atoms with van der Waals surface area (Å²) in [6.45, 7) is 0.499. The van der Waals surface area contributed by atoms with Gasteiger partial charge in [0.05, 0.1) is 6.04 Å². The number of halogens is 1. The first-order valence-corrected chi connectivity index (χ1v) is 5.97. The molecule has 0 fully saturated rings. The first-order valence-electron chi connectivity index (χ1n) is 5.59. The summed E-state index contributed by atoms with van der Waals surface area (Å²) in [6.07, 6.45) is 4.33. The van der Waals surface area contributed by atoms with Crippen molar-refractivity contribution < 1.29 is 9.94 Å². The molecule has 5 nitrogen and oxygen atoms in total. The normalized spacial score (nSPS) is 25.1. The van der Waals surface area contributed by atoms with E-state index >= 15 is 0 Å². The van der Waals surface area contributed by atoms with E-state index in [1.807, 2.05) is 12.1 Å². The third kappa shape index (κ3) is 2.08. The predicted octanol–water partition coefficient (Wildman–Crippen LogP) is 1.94. The maximum Gasteiger partial charge on any atom is 0.199 e. The summed E-state index contributed by atoms with van der Waals surface area (Å²) < 4.78 is 5.55. The molecule has 2 aliphatic heterocycles. The van der Waals surface area contributed by atoms with Crippen molar-refractivity contribution in [2.45, 2.75) is 12.3 Å². The Morgan fingerprint density at radius 3 is 3.22 bits per heavy atom. The van der Waals surface area contributed by atoms with Crippen molar-refractivity contribution in [2.24, 2.45) is 4.99 Å². The molecule has 0 spiro atoms. The highest BCUT2D eigenvalue weighted by Crippen LogP contribution is 2.34. The molecular formula is C12H12ClN3O2. The smallest absolute Gasteiger partial charge is 0.199 e.